The number of aryl methyl sites for hydroxylation is 3. The molecule has 5 aromatic rings. The van der Waals surface area contributed by atoms with E-state index < -0.39 is 0 Å². The van der Waals surface area contributed by atoms with Crippen LogP contribution >= 0.6 is 23.1 Å². The smallest absolute Gasteiger partial charge is 0.234 e. The molecule has 0 unspecified atom stereocenters. The Morgan fingerprint density at radius 2 is 1.84 bits per heavy atom. The molecule has 0 radical (unpaired) electrons. The first kappa shape index (κ1) is 20.6. The second-order valence-electron chi connectivity index (χ2n) is 7.53. The maximum absolute atomic E-state index is 12.5. The highest BCUT2D eigenvalue weighted by Crippen LogP contribution is 2.31. The van der Waals surface area contributed by atoms with E-state index in [0.717, 1.165) is 38.9 Å². The third-order valence-corrected chi connectivity index (χ3v) is 6.95. The largest absolute Gasteiger partial charge is 0.325 e. The van der Waals surface area contributed by atoms with Crippen LogP contribution in [0.4, 0.5) is 5.69 Å². The normalized spacial score (nSPS) is 11.3. The van der Waals surface area contributed by atoms with Crippen LogP contribution in [0.1, 0.15) is 17.1 Å². The van der Waals surface area contributed by atoms with Crippen molar-refractivity contribution >= 4 is 50.6 Å². The first-order valence-corrected chi connectivity index (χ1v) is 11.9. The van der Waals surface area contributed by atoms with E-state index in [2.05, 4.69) is 39.6 Å². The molecule has 0 spiro atoms. The lowest BCUT2D eigenvalue weighted by Gasteiger charge is -2.06. The van der Waals surface area contributed by atoms with Gasteiger partial charge in [0.1, 0.15) is 10.8 Å². The fourth-order valence-corrected chi connectivity index (χ4v) is 5.33. The minimum absolute atomic E-state index is 0.104. The van der Waals surface area contributed by atoms with Gasteiger partial charge in [0.25, 0.3) is 0 Å². The average Bonchev–Trinajstić information content (AvgIpc) is 3.36. The molecule has 5 rings (SSSR count). The van der Waals surface area contributed by atoms with Gasteiger partial charge >= 0.3 is 0 Å². The highest BCUT2D eigenvalue weighted by Gasteiger charge is 2.13. The molecular weight excluding hydrogens is 440 g/mol. The van der Waals surface area contributed by atoms with Crippen LogP contribution in [0.5, 0.6) is 0 Å². The maximum atomic E-state index is 12.5. The molecule has 0 atom stereocenters. The van der Waals surface area contributed by atoms with E-state index in [-0.39, 0.29) is 11.7 Å². The fourth-order valence-electron chi connectivity index (χ4n) is 3.48. The maximum Gasteiger partial charge on any atom is 0.234 e. The van der Waals surface area contributed by atoms with Crippen molar-refractivity contribution in [2.45, 2.75) is 25.9 Å². The fraction of sp³-hybridized carbons (Fsp3) is 0.174. The van der Waals surface area contributed by atoms with Gasteiger partial charge in [-0.2, -0.15) is 0 Å². The van der Waals surface area contributed by atoms with Crippen LogP contribution in [-0.4, -0.2) is 36.2 Å². The van der Waals surface area contributed by atoms with E-state index >= 15 is 0 Å². The summed E-state index contributed by atoms with van der Waals surface area (Å²) in [4.78, 5) is 21.6. The second-order valence-corrected chi connectivity index (χ2v) is 9.50. The number of benzene rings is 2. The van der Waals surface area contributed by atoms with Crippen LogP contribution in [0.15, 0.2) is 53.7 Å². The van der Waals surface area contributed by atoms with Gasteiger partial charge in [-0.1, -0.05) is 17.8 Å². The molecule has 32 heavy (non-hydrogen) atoms. The van der Waals surface area contributed by atoms with E-state index in [0.29, 0.717) is 5.16 Å². The molecule has 0 aliphatic heterocycles. The number of amides is 1. The summed E-state index contributed by atoms with van der Waals surface area (Å²) in [6, 6.07) is 15.9. The first-order valence-electron chi connectivity index (χ1n) is 10.1. The van der Waals surface area contributed by atoms with E-state index in [1.807, 2.05) is 54.6 Å². The molecule has 160 valence electrons. The number of nitrogens with one attached hydrogen (secondary N) is 1. The Labute approximate surface area is 192 Å². The lowest BCUT2D eigenvalue weighted by Crippen LogP contribution is -2.14. The summed E-state index contributed by atoms with van der Waals surface area (Å²) >= 11 is 3.01. The molecule has 1 amide bonds. The molecule has 0 saturated heterocycles. The van der Waals surface area contributed by atoms with Crippen molar-refractivity contribution in [2.75, 3.05) is 11.1 Å². The molecule has 0 aliphatic carbocycles. The second kappa shape index (κ2) is 8.33. The van der Waals surface area contributed by atoms with Crippen molar-refractivity contribution in [1.29, 1.82) is 0 Å². The van der Waals surface area contributed by atoms with Gasteiger partial charge in [-0.3, -0.25) is 9.20 Å². The molecule has 0 bridgehead atoms. The number of thiazole rings is 1. The van der Waals surface area contributed by atoms with Gasteiger partial charge in [0.05, 0.1) is 16.0 Å². The first-order chi connectivity index (χ1) is 15.5. The Balaban J connectivity index is 1.25. The Morgan fingerprint density at radius 3 is 2.66 bits per heavy atom. The lowest BCUT2D eigenvalue weighted by atomic mass is 10.2. The van der Waals surface area contributed by atoms with Gasteiger partial charge in [0, 0.05) is 23.0 Å². The SMILES string of the molecule is Cc1ccc2nc(-c3ccc(NC(=O)CSc4nnc5cc(C)nc(C)n45)cc3)sc2c1. The third kappa shape index (κ3) is 4.09. The number of anilines is 1. The third-order valence-electron chi connectivity index (χ3n) is 4.95. The minimum Gasteiger partial charge on any atom is -0.325 e. The quantitative estimate of drug-likeness (QED) is 0.369. The molecule has 0 fully saturated rings. The zero-order valence-corrected chi connectivity index (χ0v) is 19.4. The van der Waals surface area contributed by atoms with Crippen LogP contribution in [0.2, 0.25) is 0 Å². The number of rotatable bonds is 5. The Kier molecular flexibility index (Phi) is 5.36. The Hall–Kier alpha value is -3.30. The van der Waals surface area contributed by atoms with Crippen molar-refractivity contribution in [1.82, 2.24) is 24.6 Å². The van der Waals surface area contributed by atoms with Gasteiger partial charge in [0.2, 0.25) is 5.91 Å². The molecule has 0 saturated carbocycles. The number of hydrogen-bond acceptors (Lipinski definition) is 7. The van der Waals surface area contributed by atoms with E-state index in [1.165, 1.54) is 22.0 Å². The number of carbonyl (C=O) groups is 1. The topological polar surface area (TPSA) is 85.1 Å². The standard InChI is InChI=1S/C23H20N6OS2/c1-13-4-9-18-19(10-13)32-22(26-18)16-5-7-17(8-6-16)25-21(30)12-31-23-28-27-20-11-14(2)24-15(3)29(20)23/h4-11H,12H2,1-3H3,(H,25,30). The summed E-state index contributed by atoms with van der Waals surface area (Å²) < 4.78 is 3.04. The average molecular weight is 461 g/mol. The Morgan fingerprint density at radius 1 is 1.03 bits per heavy atom. The Bertz CT molecular complexity index is 1460. The molecular formula is C23H20N6OS2. The molecule has 1 N–H and O–H groups in total. The predicted octanol–water partition coefficient (Wildman–Crippen LogP) is 5.06. The van der Waals surface area contributed by atoms with E-state index in [9.17, 15) is 4.79 Å². The summed E-state index contributed by atoms with van der Waals surface area (Å²) in [7, 11) is 0. The van der Waals surface area contributed by atoms with E-state index in [1.54, 1.807) is 11.3 Å². The highest BCUT2D eigenvalue weighted by atomic mass is 32.2. The lowest BCUT2D eigenvalue weighted by molar-refractivity contribution is -0.113. The van der Waals surface area contributed by atoms with Crippen molar-refractivity contribution in [3.8, 4) is 10.6 Å². The van der Waals surface area contributed by atoms with Gasteiger partial charge in [-0.05, 0) is 62.7 Å². The van der Waals surface area contributed by atoms with Gasteiger partial charge in [-0.15, -0.1) is 21.5 Å². The summed E-state index contributed by atoms with van der Waals surface area (Å²) in [5.74, 6) is 0.925. The van der Waals surface area contributed by atoms with Crippen LogP contribution in [-0.2, 0) is 4.79 Å². The number of aromatic nitrogens is 5. The van der Waals surface area contributed by atoms with Crippen LogP contribution in [0, 0.1) is 20.8 Å². The number of carbonyl (C=O) groups excluding carboxylic acids is 1. The highest BCUT2D eigenvalue weighted by molar-refractivity contribution is 7.99. The van der Waals surface area contributed by atoms with Crippen LogP contribution in [0.25, 0.3) is 26.4 Å². The molecule has 9 heteroatoms. The summed E-state index contributed by atoms with van der Waals surface area (Å²) in [6.07, 6.45) is 0. The zero-order chi connectivity index (χ0) is 22.2. The number of thioether (sulfide) groups is 1. The van der Waals surface area contributed by atoms with Crippen molar-refractivity contribution < 1.29 is 4.79 Å². The number of hydrogen-bond donors (Lipinski definition) is 1. The van der Waals surface area contributed by atoms with Crippen LogP contribution < -0.4 is 5.32 Å². The number of nitrogens with zero attached hydrogens (tertiary/aromatic N) is 5. The molecule has 3 heterocycles. The predicted molar refractivity (Wildman–Crippen MR) is 129 cm³/mol. The van der Waals surface area contributed by atoms with Gasteiger partial charge < -0.3 is 5.32 Å². The molecule has 2 aromatic carbocycles. The van der Waals surface area contributed by atoms with Crippen molar-refractivity contribution in [3.05, 3.63) is 65.6 Å². The molecule has 0 aliphatic rings. The van der Waals surface area contributed by atoms with Crippen LogP contribution in [0.3, 0.4) is 0 Å². The van der Waals surface area contributed by atoms with Crippen molar-refractivity contribution in [3.63, 3.8) is 0 Å². The molecule has 3 aromatic heterocycles. The monoisotopic (exact) mass is 460 g/mol. The van der Waals surface area contributed by atoms with Gasteiger partial charge in [0.15, 0.2) is 10.8 Å². The van der Waals surface area contributed by atoms with Crippen molar-refractivity contribution in [2.24, 2.45) is 0 Å². The molecule has 7 nitrogen and oxygen atoms in total. The number of fused-ring (bicyclic) bond motifs is 2. The summed E-state index contributed by atoms with van der Waals surface area (Å²) in [5.41, 5.74) is 5.64. The summed E-state index contributed by atoms with van der Waals surface area (Å²) in [5, 5.41) is 12.9. The zero-order valence-electron chi connectivity index (χ0n) is 17.8. The van der Waals surface area contributed by atoms with Gasteiger partial charge in [-0.25, -0.2) is 9.97 Å². The van der Waals surface area contributed by atoms with E-state index in [4.69, 9.17) is 4.98 Å². The summed E-state index contributed by atoms with van der Waals surface area (Å²) in [6.45, 7) is 5.91. The minimum atomic E-state index is -0.104.